The van der Waals surface area contributed by atoms with E-state index in [1.807, 2.05) is 24.3 Å². The van der Waals surface area contributed by atoms with Crippen LogP contribution < -0.4 is 16.0 Å². The molecular weight excluding hydrogens is 290 g/mol. The van der Waals surface area contributed by atoms with Crippen molar-refractivity contribution in [2.24, 2.45) is 5.92 Å². The zero-order valence-corrected chi connectivity index (χ0v) is 13.4. The molecule has 23 heavy (non-hydrogen) atoms. The molecule has 2 aliphatic rings. The number of rotatable bonds is 6. The van der Waals surface area contributed by atoms with Crippen LogP contribution >= 0.6 is 0 Å². The first kappa shape index (κ1) is 16.0. The Morgan fingerprint density at radius 3 is 2.35 bits per heavy atom. The standard InChI is InChI=1S/C18H25N3O2/c22-17(21-16-5-6-16)11-13-1-3-15(4-2-13)20-18(23)12-14-7-9-19-10-8-14/h1-4,14,16,19H,5-12H2,(H,20,23)(H,21,22). The Labute approximate surface area is 137 Å². The molecule has 0 aromatic heterocycles. The van der Waals surface area contributed by atoms with Gasteiger partial charge in [-0.15, -0.1) is 0 Å². The summed E-state index contributed by atoms with van der Waals surface area (Å²) in [6, 6.07) is 7.97. The van der Waals surface area contributed by atoms with Crippen LogP contribution in [-0.2, 0) is 16.0 Å². The van der Waals surface area contributed by atoms with Gasteiger partial charge in [0.05, 0.1) is 6.42 Å². The summed E-state index contributed by atoms with van der Waals surface area (Å²) in [6.45, 7) is 2.02. The highest BCUT2D eigenvalue weighted by Gasteiger charge is 2.23. The van der Waals surface area contributed by atoms with Crippen molar-refractivity contribution in [1.82, 2.24) is 10.6 Å². The average Bonchev–Trinajstić information content (AvgIpc) is 3.34. The third-order valence-corrected chi connectivity index (χ3v) is 4.48. The van der Waals surface area contributed by atoms with Crippen LogP contribution in [0.2, 0.25) is 0 Å². The second kappa shape index (κ2) is 7.59. The Kier molecular flexibility index (Phi) is 5.28. The van der Waals surface area contributed by atoms with Crippen molar-refractivity contribution in [3.8, 4) is 0 Å². The summed E-state index contributed by atoms with van der Waals surface area (Å²) in [4.78, 5) is 23.8. The molecule has 5 nitrogen and oxygen atoms in total. The molecule has 2 fully saturated rings. The summed E-state index contributed by atoms with van der Waals surface area (Å²) in [5.41, 5.74) is 1.77. The predicted octanol–water partition coefficient (Wildman–Crippen LogP) is 1.84. The molecule has 1 aromatic carbocycles. The molecule has 1 aliphatic heterocycles. The van der Waals surface area contributed by atoms with Crippen LogP contribution in [0, 0.1) is 5.92 Å². The number of piperidine rings is 1. The van der Waals surface area contributed by atoms with E-state index in [4.69, 9.17) is 0 Å². The fourth-order valence-corrected chi connectivity index (χ4v) is 2.96. The number of hydrogen-bond donors (Lipinski definition) is 3. The van der Waals surface area contributed by atoms with Gasteiger partial charge in [0.1, 0.15) is 0 Å². The summed E-state index contributed by atoms with van der Waals surface area (Å²) in [5, 5.41) is 9.24. The molecule has 124 valence electrons. The van der Waals surface area contributed by atoms with Crippen LogP contribution in [0.1, 0.15) is 37.7 Å². The molecule has 2 amide bonds. The molecule has 3 rings (SSSR count). The lowest BCUT2D eigenvalue weighted by Crippen LogP contribution is -2.30. The maximum atomic E-state index is 12.1. The first-order valence-electron chi connectivity index (χ1n) is 8.58. The van der Waals surface area contributed by atoms with Gasteiger partial charge in [0.15, 0.2) is 0 Å². The normalized spacial score (nSPS) is 18.4. The van der Waals surface area contributed by atoms with Crippen molar-refractivity contribution < 1.29 is 9.59 Å². The number of amides is 2. The van der Waals surface area contributed by atoms with Gasteiger partial charge in [-0.25, -0.2) is 0 Å². The SMILES string of the molecule is O=C(CC1CCNCC1)Nc1ccc(CC(=O)NC2CC2)cc1. The van der Waals surface area contributed by atoms with Crippen molar-refractivity contribution in [3.05, 3.63) is 29.8 Å². The van der Waals surface area contributed by atoms with E-state index < -0.39 is 0 Å². The van der Waals surface area contributed by atoms with Crippen LogP contribution in [0.3, 0.4) is 0 Å². The number of benzene rings is 1. The summed E-state index contributed by atoms with van der Waals surface area (Å²) in [7, 11) is 0. The molecule has 1 aromatic rings. The van der Waals surface area contributed by atoms with Gasteiger partial charge in [0.25, 0.3) is 0 Å². The van der Waals surface area contributed by atoms with E-state index in [0.29, 0.717) is 24.8 Å². The molecule has 0 atom stereocenters. The maximum absolute atomic E-state index is 12.1. The van der Waals surface area contributed by atoms with Gasteiger partial charge in [-0.3, -0.25) is 9.59 Å². The Bertz CT molecular complexity index is 546. The van der Waals surface area contributed by atoms with E-state index in [1.165, 1.54) is 0 Å². The maximum Gasteiger partial charge on any atom is 0.224 e. The Hall–Kier alpha value is -1.88. The summed E-state index contributed by atoms with van der Waals surface area (Å²) < 4.78 is 0. The fraction of sp³-hybridized carbons (Fsp3) is 0.556. The van der Waals surface area contributed by atoms with Gasteiger partial charge < -0.3 is 16.0 Å². The van der Waals surface area contributed by atoms with E-state index in [-0.39, 0.29) is 11.8 Å². The van der Waals surface area contributed by atoms with E-state index >= 15 is 0 Å². The van der Waals surface area contributed by atoms with Crippen molar-refractivity contribution in [2.75, 3.05) is 18.4 Å². The zero-order valence-electron chi connectivity index (χ0n) is 13.4. The first-order valence-corrected chi connectivity index (χ1v) is 8.58. The molecule has 1 saturated carbocycles. The highest BCUT2D eigenvalue weighted by Crippen LogP contribution is 2.19. The number of anilines is 1. The smallest absolute Gasteiger partial charge is 0.224 e. The van der Waals surface area contributed by atoms with E-state index in [2.05, 4.69) is 16.0 Å². The highest BCUT2D eigenvalue weighted by molar-refractivity contribution is 5.91. The quantitative estimate of drug-likeness (QED) is 0.750. The summed E-state index contributed by atoms with van der Waals surface area (Å²) in [6.07, 6.45) is 5.35. The van der Waals surface area contributed by atoms with Crippen LogP contribution in [0.25, 0.3) is 0 Å². The van der Waals surface area contributed by atoms with E-state index in [9.17, 15) is 9.59 Å². The molecule has 1 aliphatic carbocycles. The molecule has 0 bridgehead atoms. The summed E-state index contributed by atoms with van der Waals surface area (Å²) >= 11 is 0. The predicted molar refractivity (Wildman–Crippen MR) is 90.2 cm³/mol. The van der Waals surface area contributed by atoms with Gasteiger partial charge in [-0.05, 0) is 62.4 Å². The van der Waals surface area contributed by atoms with Gasteiger partial charge >= 0.3 is 0 Å². The van der Waals surface area contributed by atoms with Gasteiger partial charge in [0, 0.05) is 18.2 Å². The van der Waals surface area contributed by atoms with Crippen LogP contribution in [0.15, 0.2) is 24.3 Å². The molecule has 5 heteroatoms. The molecule has 0 unspecified atom stereocenters. The first-order chi connectivity index (χ1) is 11.2. The second-order valence-corrected chi connectivity index (χ2v) is 6.66. The Balaban J connectivity index is 1.44. The lowest BCUT2D eigenvalue weighted by molar-refractivity contribution is -0.120. The Morgan fingerprint density at radius 1 is 1.00 bits per heavy atom. The third kappa shape index (κ3) is 5.36. The van der Waals surface area contributed by atoms with Gasteiger partial charge in [0.2, 0.25) is 11.8 Å². The van der Waals surface area contributed by atoms with Crippen molar-refractivity contribution in [2.45, 2.75) is 44.6 Å². The van der Waals surface area contributed by atoms with Crippen LogP contribution in [-0.4, -0.2) is 30.9 Å². The summed E-state index contributed by atoms with van der Waals surface area (Å²) in [5.74, 6) is 0.646. The minimum absolute atomic E-state index is 0.0789. The molecule has 3 N–H and O–H groups in total. The number of nitrogens with one attached hydrogen (secondary N) is 3. The second-order valence-electron chi connectivity index (χ2n) is 6.66. The number of hydrogen-bond acceptors (Lipinski definition) is 3. The van der Waals surface area contributed by atoms with Crippen LogP contribution in [0.4, 0.5) is 5.69 Å². The molecule has 0 radical (unpaired) electrons. The topological polar surface area (TPSA) is 70.2 Å². The Morgan fingerprint density at radius 2 is 1.70 bits per heavy atom. The third-order valence-electron chi connectivity index (χ3n) is 4.48. The molecular formula is C18H25N3O2. The molecule has 1 saturated heterocycles. The highest BCUT2D eigenvalue weighted by atomic mass is 16.2. The van der Waals surface area contributed by atoms with Crippen molar-refractivity contribution >= 4 is 17.5 Å². The lowest BCUT2D eigenvalue weighted by Gasteiger charge is -2.21. The minimum Gasteiger partial charge on any atom is -0.353 e. The van der Waals surface area contributed by atoms with Crippen LogP contribution in [0.5, 0.6) is 0 Å². The van der Waals surface area contributed by atoms with E-state index in [0.717, 1.165) is 50.0 Å². The number of carbonyl (C=O) groups is 2. The van der Waals surface area contributed by atoms with Crippen molar-refractivity contribution in [1.29, 1.82) is 0 Å². The lowest BCUT2D eigenvalue weighted by atomic mass is 9.94. The van der Waals surface area contributed by atoms with Gasteiger partial charge in [-0.2, -0.15) is 0 Å². The van der Waals surface area contributed by atoms with E-state index in [1.54, 1.807) is 0 Å². The molecule has 1 heterocycles. The number of carbonyl (C=O) groups excluding carboxylic acids is 2. The fourth-order valence-electron chi connectivity index (χ4n) is 2.96. The largest absolute Gasteiger partial charge is 0.353 e. The zero-order chi connectivity index (χ0) is 16.1. The minimum atomic E-state index is 0.0789. The monoisotopic (exact) mass is 315 g/mol. The average molecular weight is 315 g/mol. The van der Waals surface area contributed by atoms with Gasteiger partial charge in [-0.1, -0.05) is 12.1 Å². The van der Waals surface area contributed by atoms with Crippen molar-refractivity contribution in [3.63, 3.8) is 0 Å². The molecule has 0 spiro atoms.